The van der Waals surface area contributed by atoms with E-state index in [2.05, 4.69) is 222 Å². The summed E-state index contributed by atoms with van der Waals surface area (Å²) in [6, 6.07) is 81.3. The highest BCUT2D eigenvalue weighted by Crippen LogP contribution is 2.48. The minimum absolute atomic E-state index is 0.0773. The lowest BCUT2D eigenvalue weighted by atomic mass is 9.76. The van der Waals surface area contributed by atoms with Gasteiger partial charge in [0.15, 0.2) is 0 Å². The maximum atomic E-state index is 6.44. The molecule has 61 heavy (non-hydrogen) atoms. The Morgan fingerprint density at radius 3 is 1.79 bits per heavy atom. The average Bonchev–Trinajstić information content (AvgIpc) is 3.87. The van der Waals surface area contributed by atoms with Crippen molar-refractivity contribution in [1.82, 2.24) is 4.57 Å². The molecule has 0 spiro atoms. The molecule has 0 N–H and O–H groups in total. The molecule has 2 aromatic heterocycles. The zero-order chi connectivity index (χ0) is 40.3. The summed E-state index contributed by atoms with van der Waals surface area (Å²) in [6.07, 6.45) is 0.859. The van der Waals surface area contributed by atoms with E-state index in [1.54, 1.807) is 0 Å². The summed E-state index contributed by atoms with van der Waals surface area (Å²) in [6.45, 7) is 0. The average molecular weight is 781 g/mol. The topological polar surface area (TPSA) is 21.3 Å². The van der Waals surface area contributed by atoms with Crippen molar-refractivity contribution < 1.29 is 4.42 Å². The molecule has 3 nitrogen and oxygen atoms in total. The Balaban J connectivity index is 1.00. The van der Waals surface area contributed by atoms with Crippen molar-refractivity contribution >= 4 is 49.9 Å². The molecule has 0 bridgehead atoms. The van der Waals surface area contributed by atoms with Crippen molar-refractivity contribution in [3.8, 4) is 27.9 Å². The van der Waals surface area contributed by atoms with Gasteiger partial charge in [0.05, 0.1) is 11.4 Å². The second-order valence-corrected chi connectivity index (χ2v) is 16.1. The summed E-state index contributed by atoms with van der Waals surface area (Å²) in [5, 5.41) is 3.56. The van der Waals surface area contributed by atoms with Crippen molar-refractivity contribution in [1.29, 1.82) is 0 Å². The van der Waals surface area contributed by atoms with Gasteiger partial charge in [-0.05, 0) is 105 Å². The summed E-state index contributed by atoms with van der Waals surface area (Å²) < 4.78 is 8.95. The van der Waals surface area contributed by atoms with Gasteiger partial charge in [0.1, 0.15) is 11.2 Å². The Morgan fingerprint density at radius 2 is 1.02 bits per heavy atom. The van der Waals surface area contributed by atoms with E-state index in [0.29, 0.717) is 0 Å². The van der Waals surface area contributed by atoms with Gasteiger partial charge in [-0.2, -0.15) is 0 Å². The molecule has 12 rings (SSSR count). The standard InChI is InChI=1S/C58H40N2O/c1-4-16-39(17-5-1)41-20-14-24-46(35-41)59(48-31-33-52-51-27-11-13-29-55(51)61-56(52)38-48)47-25-15-21-42(36-47)43-30-32-49-44(34-43)37-53-50-26-10-12-28-54(50)60(45-22-8-3-9-23-45)58(53)57(49)40-18-6-2-7-19-40/h1-36,38,57H,37H2. The Bertz CT molecular complexity index is 3400. The van der Waals surface area contributed by atoms with Crippen LogP contribution in [0.15, 0.2) is 229 Å². The van der Waals surface area contributed by atoms with Crippen LogP contribution in [0.2, 0.25) is 0 Å². The maximum absolute atomic E-state index is 6.44. The van der Waals surface area contributed by atoms with Gasteiger partial charge in [0.25, 0.3) is 0 Å². The van der Waals surface area contributed by atoms with Crippen LogP contribution in [-0.2, 0) is 6.42 Å². The number of fused-ring (bicyclic) bond motifs is 7. The first-order valence-corrected chi connectivity index (χ1v) is 21.1. The quantitative estimate of drug-likeness (QED) is 0.161. The van der Waals surface area contributed by atoms with Crippen molar-refractivity contribution in [3.63, 3.8) is 0 Å². The molecule has 1 aliphatic carbocycles. The lowest BCUT2D eigenvalue weighted by molar-refractivity contribution is 0.669. The van der Waals surface area contributed by atoms with Crippen LogP contribution in [0.3, 0.4) is 0 Å². The van der Waals surface area contributed by atoms with Crippen LogP contribution in [0, 0.1) is 0 Å². The van der Waals surface area contributed by atoms with Crippen LogP contribution in [-0.4, -0.2) is 4.57 Å². The van der Waals surface area contributed by atoms with Crippen LogP contribution >= 0.6 is 0 Å². The Hall–Kier alpha value is -7.88. The van der Waals surface area contributed by atoms with Gasteiger partial charge >= 0.3 is 0 Å². The summed E-state index contributed by atoms with van der Waals surface area (Å²) >= 11 is 0. The third-order valence-corrected chi connectivity index (χ3v) is 12.5. The Kier molecular flexibility index (Phi) is 8.31. The molecular formula is C58H40N2O. The van der Waals surface area contributed by atoms with Crippen molar-refractivity contribution in [3.05, 3.63) is 252 Å². The van der Waals surface area contributed by atoms with Gasteiger partial charge in [-0.15, -0.1) is 0 Å². The number of anilines is 3. The molecule has 11 aromatic rings. The number of para-hydroxylation sites is 3. The van der Waals surface area contributed by atoms with Gasteiger partial charge in [0.2, 0.25) is 0 Å². The van der Waals surface area contributed by atoms with Crippen LogP contribution < -0.4 is 4.90 Å². The smallest absolute Gasteiger partial charge is 0.137 e. The number of aromatic nitrogens is 1. The normalized spacial score (nSPS) is 13.3. The number of hydrogen-bond acceptors (Lipinski definition) is 2. The minimum atomic E-state index is 0.0773. The van der Waals surface area contributed by atoms with Crippen LogP contribution in [0.5, 0.6) is 0 Å². The number of nitrogens with zero attached hydrogens (tertiary/aromatic N) is 2. The first-order chi connectivity index (χ1) is 30.2. The van der Waals surface area contributed by atoms with Gasteiger partial charge in [-0.3, -0.25) is 0 Å². The Labute approximate surface area is 355 Å². The minimum Gasteiger partial charge on any atom is -0.456 e. The van der Waals surface area contributed by atoms with E-state index in [4.69, 9.17) is 4.42 Å². The highest BCUT2D eigenvalue weighted by Gasteiger charge is 2.33. The van der Waals surface area contributed by atoms with Gasteiger partial charge in [-0.25, -0.2) is 0 Å². The van der Waals surface area contributed by atoms with Gasteiger partial charge < -0.3 is 13.9 Å². The van der Waals surface area contributed by atoms with E-state index in [-0.39, 0.29) is 5.92 Å². The lowest BCUT2D eigenvalue weighted by Gasteiger charge is -2.30. The summed E-state index contributed by atoms with van der Waals surface area (Å²) in [4.78, 5) is 2.36. The highest BCUT2D eigenvalue weighted by molar-refractivity contribution is 6.06. The SMILES string of the molecule is c1ccc(-c2cccc(N(c3cccc(-c4ccc5c(c4)Cc4c(n(-c6ccccc6)c6ccccc46)C5c4ccccc4)c3)c3ccc4c(c3)oc3ccccc34)c2)cc1. The van der Waals surface area contributed by atoms with E-state index in [0.717, 1.165) is 45.4 Å². The fraction of sp³-hybridized carbons (Fsp3) is 0.0345. The van der Waals surface area contributed by atoms with Crippen molar-refractivity contribution in [2.45, 2.75) is 12.3 Å². The zero-order valence-electron chi connectivity index (χ0n) is 33.4. The van der Waals surface area contributed by atoms with Crippen molar-refractivity contribution in [2.24, 2.45) is 0 Å². The largest absolute Gasteiger partial charge is 0.456 e. The molecule has 0 saturated heterocycles. The molecule has 288 valence electrons. The van der Waals surface area contributed by atoms with E-state index in [1.165, 1.54) is 66.8 Å². The summed E-state index contributed by atoms with van der Waals surface area (Å²) in [5.41, 5.74) is 18.9. The molecule has 0 amide bonds. The fourth-order valence-electron chi connectivity index (χ4n) is 9.79. The molecule has 2 heterocycles. The van der Waals surface area contributed by atoms with Crippen LogP contribution in [0.25, 0.3) is 60.8 Å². The molecule has 9 aromatic carbocycles. The molecule has 0 aliphatic heterocycles. The predicted molar refractivity (Wildman–Crippen MR) is 253 cm³/mol. The summed E-state index contributed by atoms with van der Waals surface area (Å²) in [7, 11) is 0. The molecule has 1 unspecified atom stereocenters. The number of hydrogen-bond donors (Lipinski definition) is 0. The first kappa shape index (κ1) is 35.1. The van der Waals surface area contributed by atoms with E-state index < -0.39 is 0 Å². The summed E-state index contributed by atoms with van der Waals surface area (Å²) in [5.74, 6) is 0.0773. The van der Waals surface area contributed by atoms with E-state index in [1.807, 2.05) is 12.1 Å². The van der Waals surface area contributed by atoms with E-state index >= 15 is 0 Å². The third-order valence-electron chi connectivity index (χ3n) is 12.5. The highest BCUT2D eigenvalue weighted by atomic mass is 16.3. The zero-order valence-corrected chi connectivity index (χ0v) is 33.4. The first-order valence-electron chi connectivity index (χ1n) is 21.1. The molecular weight excluding hydrogens is 741 g/mol. The fourth-order valence-corrected chi connectivity index (χ4v) is 9.79. The maximum Gasteiger partial charge on any atom is 0.137 e. The molecule has 0 fully saturated rings. The van der Waals surface area contributed by atoms with Gasteiger partial charge in [0, 0.05) is 57.1 Å². The third kappa shape index (κ3) is 5.97. The second kappa shape index (κ2) is 14.4. The molecule has 1 aliphatic rings. The predicted octanol–water partition coefficient (Wildman–Crippen LogP) is 15.4. The lowest BCUT2D eigenvalue weighted by Crippen LogP contribution is -2.18. The van der Waals surface area contributed by atoms with E-state index in [9.17, 15) is 0 Å². The molecule has 0 radical (unpaired) electrons. The second-order valence-electron chi connectivity index (χ2n) is 16.1. The Morgan fingerprint density at radius 1 is 0.426 bits per heavy atom. The number of benzene rings is 9. The molecule has 1 atom stereocenters. The van der Waals surface area contributed by atoms with Crippen LogP contribution in [0.4, 0.5) is 17.1 Å². The van der Waals surface area contributed by atoms with Crippen molar-refractivity contribution in [2.75, 3.05) is 4.90 Å². The van der Waals surface area contributed by atoms with Gasteiger partial charge in [-0.1, -0.05) is 158 Å². The number of rotatable bonds is 7. The molecule has 0 saturated carbocycles. The molecule has 3 heteroatoms. The van der Waals surface area contributed by atoms with Crippen LogP contribution in [0.1, 0.15) is 33.9 Å². The number of furan rings is 1. The monoisotopic (exact) mass is 780 g/mol.